The number of urea groups is 1. The van der Waals surface area contributed by atoms with E-state index < -0.39 is 11.6 Å². The van der Waals surface area contributed by atoms with Gasteiger partial charge in [0, 0.05) is 16.9 Å². The fourth-order valence-corrected chi connectivity index (χ4v) is 4.63. The molecule has 0 aliphatic carbocycles. The van der Waals surface area contributed by atoms with E-state index in [9.17, 15) is 9.59 Å². The highest BCUT2D eigenvalue weighted by Crippen LogP contribution is 2.33. The number of carbonyl (C=O) groups is 2. The SMILES string of the molecule is CC(C)(NC(=O)Nc1ccccc1Cl)C(=O)Nc1nc(-c2ccccc2)c(Cc2ccccc2)s1. The average Bonchev–Trinajstić information content (AvgIpc) is 3.23. The van der Waals surface area contributed by atoms with Crippen LogP contribution >= 0.6 is 22.9 Å². The Labute approximate surface area is 213 Å². The summed E-state index contributed by atoms with van der Waals surface area (Å²) < 4.78 is 0. The highest BCUT2D eigenvalue weighted by molar-refractivity contribution is 7.16. The number of hydrogen-bond acceptors (Lipinski definition) is 4. The second-order valence-corrected chi connectivity index (χ2v) is 9.95. The summed E-state index contributed by atoms with van der Waals surface area (Å²) in [5.74, 6) is -0.383. The average molecular weight is 505 g/mol. The van der Waals surface area contributed by atoms with Gasteiger partial charge < -0.3 is 10.6 Å². The van der Waals surface area contributed by atoms with Gasteiger partial charge in [-0.1, -0.05) is 84.4 Å². The molecule has 0 radical (unpaired) electrons. The first-order valence-corrected chi connectivity index (χ1v) is 12.3. The summed E-state index contributed by atoms with van der Waals surface area (Å²) >= 11 is 7.53. The van der Waals surface area contributed by atoms with Crippen molar-refractivity contribution in [2.45, 2.75) is 25.8 Å². The van der Waals surface area contributed by atoms with Crippen LogP contribution < -0.4 is 16.0 Å². The summed E-state index contributed by atoms with van der Waals surface area (Å²) in [5, 5.41) is 9.13. The van der Waals surface area contributed by atoms with Gasteiger partial charge in [0.1, 0.15) is 5.54 Å². The zero-order valence-corrected chi connectivity index (χ0v) is 20.9. The number of thiazole rings is 1. The lowest BCUT2D eigenvalue weighted by atomic mass is 10.1. The zero-order chi connectivity index (χ0) is 24.8. The molecule has 6 nitrogen and oxygen atoms in total. The van der Waals surface area contributed by atoms with E-state index in [-0.39, 0.29) is 5.91 Å². The predicted molar refractivity (Wildman–Crippen MR) is 143 cm³/mol. The van der Waals surface area contributed by atoms with E-state index in [1.165, 1.54) is 11.3 Å². The van der Waals surface area contributed by atoms with Crippen LogP contribution in [-0.2, 0) is 11.2 Å². The van der Waals surface area contributed by atoms with Gasteiger partial charge >= 0.3 is 6.03 Å². The maximum Gasteiger partial charge on any atom is 0.320 e. The lowest BCUT2D eigenvalue weighted by molar-refractivity contribution is -0.120. The maximum absolute atomic E-state index is 13.1. The summed E-state index contributed by atoms with van der Waals surface area (Å²) in [4.78, 5) is 31.4. The lowest BCUT2D eigenvalue weighted by Gasteiger charge is -2.24. The predicted octanol–water partition coefficient (Wildman–Crippen LogP) is 6.59. The van der Waals surface area contributed by atoms with Gasteiger partial charge in [-0.2, -0.15) is 0 Å². The Kier molecular flexibility index (Phi) is 7.48. The van der Waals surface area contributed by atoms with Crippen molar-refractivity contribution in [1.29, 1.82) is 0 Å². The molecule has 1 heterocycles. The molecule has 0 aliphatic rings. The van der Waals surface area contributed by atoms with Crippen LogP contribution in [0.15, 0.2) is 84.9 Å². The van der Waals surface area contributed by atoms with Crippen molar-refractivity contribution < 1.29 is 9.59 Å². The van der Waals surface area contributed by atoms with Crippen LogP contribution in [0.1, 0.15) is 24.3 Å². The smallest absolute Gasteiger partial charge is 0.320 e. The number of carbonyl (C=O) groups excluding carboxylic acids is 2. The largest absolute Gasteiger partial charge is 0.324 e. The van der Waals surface area contributed by atoms with Crippen LogP contribution in [0.5, 0.6) is 0 Å². The molecular formula is C27H25ClN4O2S. The highest BCUT2D eigenvalue weighted by atomic mass is 35.5. The molecule has 4 aromatic rings. The van der Waals surface area contributed by atoms with Crippen molar-refractivity contribution in [3.63, 3.8) is 0 Å². The van der Waals surface area contributed by atoms with Gasteiger partial charge in [0.15, 0.2) is 5.13 Å². The fourth-order valence-electron chi connectivity index (χ4n) is 3.44. The minimum atomic E-state index is -1.20. The van der Waals surface area contributed by atoms with Crippen molar-refractivity contribution in [2.24, 2.45) is 0 Å². The molecule has 178 valence electrons. The number of hydrogen-bond donors (Lipinski definition) is 3. The number of halogens is 1. The summed E-state index contributed by atoms with van der Waals surface area (Å²) in [5.41, 5.74) is 2.22. The Morgan fingerprint density at radius 2 is 1.51 bits per heavy atom. The first kappa shape index (κ1) is 24.4. The number of para-hydroxylation sites is 1. The Hall–Kier alpha value is -3.68. The molecule has 8 heteroatoms. The van der Waals surface area contributed by atoms with Gasteiger partial charge in [-0.15, -0.1) is 11.3 Å². The van der Waals surface area contributed by atoms with Crippen LogP contribution in [0.2, 0.25) is 5.02 Å². The molecule has 3 amide bonds. The Morgan fingerprint density at radius 1 is 0.886 bits per heavy atom. The molecule has 3 aromatic carbocycles. The molecule has 0 fully saturated rings. The third-order valence-electron chi connectivity index (χ3n) is 5.29. The minimum absolute atomic E-state index is 0.383. The number of rotatable bonds is 7. The van der Waals surface area contributed by atoms with E-state index in [1.54, 1.807) is 38.1 Å². The Morgan fingerprint density at radius 3 is 2.20 bits per heavy atom. The van der Waals surface area contributed by atoms with Crippen molar-refractivity contribution in [3.8, 4) is 11.3 Å². The normalized spacial score (nSPS) is 11.1. The zero-order valence-electron chi connectivity index (χ0n) is 19.3. The van der Waals surface area contributed by atoms with Crippen molar-refractivity contribution in [3.05, 3.63) is 100 Å². The standard InChI is InChI=1S/C27H25ClN4O2S/c1-27(2,32-25(34)29-21-16-10-9-15-20(21)28)24(33)31-26-30-23(19-13-7-4-8-14-19)22(35-26)17-18-11-5-3-6-12-18/h3-16H,17H2,1-2H3,(H2,29,32,34)(H,30,31,33). The van der Waals surface area contributed by atoms with Gasteiger partial charge in [0.25, 0.3) is 5.91 Å². The number of aromatic nitrogens is 1. The van der Waals surface area contributed by atoms with Crippen LogP contribution in [0.25, 0.3) is 11.3 Å². The molecule has 4 rings (SSSR count). The minimum Gasteiger partial charge on any atom is -0.324 e. The Balaban J connectivity index is 1.50. The van der Waals surface area contributed by atoms with Gasteiger partial charge in [-0.05, 0) is 31.5 Å². The van der Waals surface area contributed by atoms with Crippen molar-refractivity contribution in [2.75, 3.05) is 10.6 Å². The summed E-state index contributed by atoms with van der Waals surface area (Å²) in [6.45, 7) is 3.26. The van der Waals surface area contributed by atoms with Crippen molar-refractivity contribution in [1.82, 2.24) is 10.3 Å². The Bertz CT molecular complexity index is 1320. The third-order valence-corrected chi connectivity index (χ3v) is 6.59. The fraction of sp³-hybridized carbons (Fsp3) is 0.148. The second-order valence-electron chi connectivity index (χ2n) is 8.46. The number of benzene rings is 3. The van der Waals surface area contributed by atoms with E-state index in [1.807, 2.05) is 48.5 Å². The molecule has 0 saturated carbocycles. The molecule has 1 aromatic heterocycles. The van der Waals surface area contributed by atoms with Gasteiger partial charge in [0.05, 0.1) is 16.4 Å². The molecule has 3 N–H and O–H groups in total. The van der Waals surface area contributed by atoms with Gasteiger partial charge in [-0.25, -0.2) is 9.78 Å². The molecule has 0 aliphatic heterocycles. The highest BCUT2D eigenvalue weighted by Gasteiger charge is 2.31. The van der Waals surface area contributed by atoms with E-state index in [4.69, 9.17) is 16.6 Å². The number of amides is 3. The molecule has 0 bridgehead atoms. The van der Waals surface area contributed by atoms with Gasteiger partial charge in [-0.3, -0.25) is 10.1 Å². The van der Waals surface area contributed by atoms with E-state index in [0.29, 0.717) is 22.3 Å². The second kappa shape index (κ2) is 10.7. The maximum atomic E-state index is 13.1. The summed E-state index contributed by atoms with van der Waals surface area (Å²) in [6, 6.07) is 26.4. The monoisotopic (exact) mass is 504 g/mol. The van der Waals surface area contributed by atoms with E-state index >= 15 is 0 Å². The van der Waals surface area contributed by atoms with Crippen LogP contribution in [0, 0.1) is 0 Å². The quantitative estimate of drug-likeness (QED) is 0.265. The first-order chi connectivity index (χ1) is 16.8. The third kappa shape index (κ3) is 6.26. The number of nitrogens with one attached hydrogen (secondary N) is 3. The van der Waals surface area contributed by atoms with Gasteiger partial charge in [0.2, 0.25) is 0 Å². The summed E-state index contributed by atoms with van der Waals surface area (Å²) in [6.07, 6.45) is 0.695. The first-order valence-electron chi connectivity index (χ1n) is 11.1. The summed E-state index contributed by atoms with van der Waals surface area (Å²) in [7, 11) is 0. The molecular weight excluding hydrogens is 480 g/mol. The lowest BCUT2D eigenvalue weighted by Crippen LogP contribution is -2.53. The van der Waals surface area contributed by atoms with Crippen LogP contribution in [0.3, 0.4) is 0 Å². The molecule has 0 saturated heterocycles. The van der Waals surface area contributed by atoms with Crippen molar-refractivity contribution >= 4 is 45.7 Å². The van der Waals surface area contributed by atoms with E-state index in [2.05, 4.69) is 28.1 Å². The molecule has 0 spiro atoms. The van der Waals surface area contributed by atoms with E-state index in [0.717, 1.165) is 21.7 Å². The topological polar surface area (TPSA) is 83.1 Å². The molecule has 35 heavy (non-hydrogen) atoms. The van der Waals surface area contributed by atoms with Crippen LogP contribution in [0.4, 0.5) is 15.6 Å². The number of anilines is 2. The molecule has 0 atom stereocenters. The van der Waals surface area contributed by atoms with Crippen LogP contribution in [-0.4, -0.2) is 22.5 Å². The molecule has 0 unspecified atom stereocenters. The number of nitrogens with zero attached hydrogens (tertiary/aromatic N) is 1.